The minimum Gasteiger partial charge on any atom is -0.494 e. The number of aromatic nitrogens is 1. The summed E-state index contributed by atoms with van der Waals surface area (Å²) >= 11 is 5.86. The van der Waals surface area contributed by atoms with Crippen molar-refractivity contribution in [1.29, 1.82) is 0 Å². The topological polar surface area (TPSA) is 59.4 Å². The zero-order chi connectivity index (χ0) is 15.8. The predicted molar refractivity (Wildman–Crippen MR) is 69.6 cm³/mol. The first-order chi connectivity index (χ1) is 9.72. The van der Waals surface area contributed by atoms with Crippen LogP contribution in [0.25, 0.3) is 10.9 Å². The van der Waals surface area contributed by atoms with Crippen LogP contribution in [0.5, 0.6) is 5.75 Å². The zero-order valence-corrected chi connectivity index (χ0v) is 11.4. The van der Waals surface area contributed by atoms with Gasteiger partial charge in [0.1, 0.15) is 17.0 Å². The number of carbonyl (C=O) groups is 1. The maximum Gasteiger partial charge on any atom is 0.433 e. The molecule has 0 amide bonds. The summed E-state index contributed by atoms with van der Waals surface area (Å²) < 4.78 is 43.2. The zero-order valence-electron chi connectivity index (χ0n) is 10.7. The molecule has 4 nitrogen and oxygen atoms in total. The molecule has 0 bridgehead atoms. The van der Waals surface area contributed by atoms with Gasteiger partial charge in [0.15, 0.2) is 0 Å². The third kappa shape index (κ3) is 3.18. The fourth-order valence-electron chi connectivity index (χ4n) is 1.89. The van der Waals surface area contributed by atoms with Gasteiger partial charge in [-0.1, -0.05) is 11.6 Å². The number of fused-ring (bicyclic) bond motifs is 1. The van der Waals surface area contributed by atoms with Gasteiger partial charge >= 0.3 is 12.1 Å². The molecule has 0 saturated carbocycles. The van der Waals surface area contributed by atoms with Crippen LogP contribution in [0.15, 0.2) is 18.2 Å². The SMILES string of the molecule is COc1cc(CC(=O)O)cc2c(Cl)cc(C(F)(F)F)nc12. The first kappa shape index (κ1) is 15.4. The summed E-state index contributed by atoms with van der Waals surface area (Å²) in [5.41, 5.74) is -0.842. The van der Waals surface area contributed by atoms with Gasteiger partial charge in [-0.3, -0.25) is 4.79 Å². The van der Waals surface area contributed by atoms with E-state index in [-0.39, 0.29) is 28.1 Å². The van der Waals surface area contributed by atoms with E-state index in [1.54, 1.807) is 0 Å². The van der Waals surface area contributed by atoms with Crippen LogP contribution in [0.3, 0.4) is 0 Å². The summed E-state index contributed by atoms with van der Waals surface area (Å²) in [6.07, 6.45) is -4.94. The molecule has 2 rings (SSSR count). The number of hydrogen-bond donors (Lipinski definition) is 1. The Morgan fingerprint density at radius 2 is 2.05 bits per heavy atom. The van der Waals surface area contributed by atoms with Crippen LogP contribution in [-0.4, -0.2) is 23.2 Å². The number of ether oxygens (including phenoxy) is 1. The molecule has 2 aromatic rings. The number of methoxy groups -OCH3 is 1. The lowest BCUT2D eigenvalue weighted by Gasteiger charge is -2.12. The second-order valence-corrected chi connectivity index (χ2v) is 4.66. The van der Waals surface area contributed by atoms with Crippen LogP contribution in [0.4, 0.5) is 13.2 Å². The largest absolute Gasteiger partial charge is 0.494 e. The second kappa shape index (κ2) is 5.40. The number of alkyl halides is 3. The van der Waals surface area contributed by atoms with Crippen molar-refractivity contribution in [3.8, 4) is 5.75 Å². The van der Waals surface area contributed by atoms with Crippen LogP contribution in [-0.2, 0) is 17.4 Å². The monoisotopic (exact) mass is 319 g/mol. The summed E-state index contributed by atoms with van der Waals surface area (Å²) in [5.74, 6) is -1.04. The number of hydrogen-bond acceptors (Lipinski definition) is 3. The number of halogens is 4. The molecule has 1 aromatic heterocycles. The molecule has 0 fully saturated rings. The Morgan fingerprint density at radius 3 is 2.57 bits per heavy atom. The molecular weight excluding hydrogens is 311 g/mol. The highest BCUT2D eigenvalue weighted by molar-refractivity contribution is 6.35. The van der Waals surface area contributed by atoms with Gasteiger partial charge < -0.3 is 9.84 Å². The number of benzene rings is 1. The lowest BCUT2D eigenvalue weighted by molar-refractivity contribution is -0.141. The Labute approximate surface area is 122 Å². The third-order valence-corrected chi connectivity index (χ3v) is 3.07. The van der Waals surface area contributed by atoms with Crippen LogP contribution < -0.4 is 4.74 Å². The Morgan fingerprint density at radius 1 is 1.38 bits per heavy atom. The highest BCUT2D eigenvalue weighted by atomic mass is 35.5. The van der Waals surface area contributed by atoms with E-state index < -0.39 is 17.8 Å². The van der Waals surface area contributed by atoms with E-state index in [1.807, 2.05) is 0 Å². The van der Waals surface area contributed by atoms with Gasteiger partial charge in [-0.05, 0) is 23.8 Å². The molecule has 0 aliphatic rings. The van der Waals surface area contributed by atoms with Crippen molar-refractivity contribution < 1.29 is 27.8 Å². The molecule has 0 aliphatic carbocycles. The summed E-state index contributed by atoms with van der Waals surface area (Å²) in [6, 6.07) is 3.43. The van der Waals surface area contributed by atoms with Crippen molar-refractivity contribution >= 4 is 28.5 Å². The minimum absolute atomic E-state index is 0.0387. The summed E-state index contributed by atoms with van der Waals surface area (Å²) in [6.45, 7) is 0. The third-order valence-electron chi connectivity index (χ3n) is 2.75. The van der Waals surface area contributed by atoms with E-state index in [1.165, 1.54) is 19.2 Å². The molecule has 1 N–H and O–H groups in total. The molecule has 8 heteroatoms. The normalized spacial score (nSPS) is 11.7. The number of nitrogens with zero attached hydrogens (tertiary/aromatic N) is 1. The maximum absolute atomic E-state index is 12.7. The smallest absolute Gasteiger partial charge is 0.433 e. The molecule has 112 valence electrons. The molecule has 0 spiro atoms. The molecule has 21 heavy (non-hydrogen) atoms. The van der Waals surface area contributed by atoms with Gasteiger partial charge in [0.2, 0.25) is 0 Å². The second-order valence-electron chi connectivity index (χ2n) is 4.25. The standard InChI is InChI=1S/C13H9ClF3NO3/c1-21-9-3-6(4-11(19)20)2-7-8(14)5-10(13(15,16)17)18-12(7)9/h2-3,5H,4H2,1H3,(H,19,20). The molecule has 0 atom stereocenters. The minimum atomic E-state index is -4.64. The van der Waals surface area contributed by atoms with Crippen molar-refractivity contribution in [2.24, 2.45) is 0 Å². The van der Waals surface area contributed by atoms with Crippen LogP contribution >= 0.6 is 11.6 Å². The first-order valence-corrected chi connectivity index (χ1v) is 6.06. The maximum atomic E-state index is 12.7. The summed E-state index contributed by atoms with van der Waals surface area (Å²) in [4.78, 5) is 14.3. The molecule has 0 saturated heterocycles. The highest BCUT2D eigenvalue weighted by Crippen LogP contribution is 2.36. The van der Waals surface area contributed by atoms with E-state index >= 15 is 0 Å². The van der Waals surface area contributed by atoms with Crippen LogP contribution in [0, 0.1) is 0 Å². The van der Waals surface area contributed by atoms with Crippen LogP contribution in [0.1, 0.15) is 11.3 Å². The van der Waals surface area contributed by atoms with Gasteiger partial charge in [0.25, 0.3) is 0 Å². The van der Waals surface area contributed by atoms with Crippen molar-refractivity contribution in [2.45, 2.75) is 12.6 Å². The molecule has 0 aliphatic heterocycles. The van der Waals surface area contributed by atoms with Gasteiger partial charge in [-0.15, -0.1) is 0 Å². The van der Waals surface area contributed by atoms with E-state index in [4.69, 9.17) is 21.4 Å². The number of rotatable bonds is 3. The van der Waals surface area contributed by atoms with Gasteiger partial charge in [-0.25, -0.2) is 4.98 Å². The van der Waals surface area contributed by atoms with Crippen LogP contribution in [0.2, 0.25) is 5.02 Å². The van der Waals surface area contributed by atoms with Crippen molar-refractivity contribution in [2.75, 3.05) is 7.11 Å². The average molecular weight is 320 g/mol. The van der Waals surface area contributed by atoms with Gasteiger partial charge in [-0.2, -0.15) is 13.2 Å². The number of carboxylic acid groups (broad SMARTS) is 1. The number of carboxylic acids is 1. The fraction of sp³-hybridized carbons (Fsp3) is 0.231. The molecule has 0 unspecified atom stereocenters. The van der Waals surface area contributed by atoms with Crippen molar-refractivity contribution in [3.63, 3.8) is 0 Å². The lowest BCUT2D eigenvalue weighted by Crippen LogP contribution is -2.09. The van der Waals surface area contributed by atoms with E-state index in [9.17, 15) is 18.0 Å². The van der Waals surface area contributed by atoms with Gasteiger partial charge in [0, 0.05) is 5.39 Å². The first-order valence-electron chi connectivity index (χ1n) is 5.68. The van der Waals surface area contributed by atoms with Crippen molar-refractivity contribution in [1.82, 2.24) is 4.98 Å². The Kier molecular flexibility index (Phi) is 3.95. The van der Waals surface area contributed by atoms with Gasteiger partial charge in [0.05, 0.1) is 18.6 Å². The fourth-order valence-corrected chi connectivity index (χ4v) is 2.14. The highest BCUT2D eigenvalue weighted by Gasteiger charge is 2.33. The molecule has 1 heterocycles. The summed E-state index contributed by atoms with van der Waals surface area (Å²) in [7, 11) is 1.26. The van der Waals surface area contributed by atoms with Crippen molar-refractivity contribution in [3.05, 3.63) is 34.5 Å². The van der Waals surface area contributed by atoms with E-state index in [0.717, 1.165) is 0 Å². The quantitative estimate of drug-likeness (QED) is 0.940. The summed E-state index contributed by atoms with van der Waals surface area (Å²) in [5, 5.41) is 8.82. The Bertz CT molecular complexity index is 716. The average Bonchev–Trinajstić information content (AvgIpc) is 2.36. The molecular formula is C13H9ClF3NO3. The van der Waals surface area contributed by atoms with E-state index in [2.05, 4.69) is 4.98 Å². The predicted octanol–water partition coefficient (Wildman–Crippen LogP) is 3.54. The molecule has 0 radical (unpaired) electrons. The number of pyridine rings is 1. The number of aliphatic carboxylic acids is 1. The van der Waals surface area contributed by atoms with E-state index in [0.29, 0.717) is 11.6 Å². The Balaban J connectivity index is 2.72. The Hall–Kier alpha value is -2.02. The molecule has 1 aromatic carbocycles. The lowest BCUT2D eigenvalue weighted by atomic mass is 10.1.